The van der Waals surface area contributed by atoms with Gasteiger partial charge >= 0.3 is 0 Å². The summed E-state index contributed by atoms with van der Waals surface area (Å²) in [6, 6.07) is 20.9. The standard InChI is InChI=1S/C35H41N3O6/c1-21-32(34(4,5)25-9-14-28(43-6)15-10-25)31(17-18-39)44-35(21)29-19-27(37-23(3)41)13-16-30(29)38(33(35)42)20-24-7-11-26(12-8-24)36-22(2)40/h7-16,19,21,31-32,39H,17-18,20H2,1-6H3,(H,36,40)(H,37,41)/t21-,31+,32-,35+/m0/s1. The molecule has 4 atom stereocenters. The van der Waals surface area contributed by atoms with E-state index in [4.69, 9.17) is 9.47 Å². The third-order valence-electron chi connectivity index (χ3n) is 9.18. The fourth-order valence-corrected chi connectivity index (χ4v) is 7.23. The molecule has 0 unspecified atom stereocenters. The van der Waals surface area contributed by atoms with Crippen LogP contribution >= 0.6 is 0 Å². The van der Waals surface area contributed by atoms with Gasteiger partial charge in [0.1, 0.15) is 5.75 Å². The first-order valence-electron chi connectivity index (χ1n) is 15.0. The minimum Gasteiger partial charge on any atom is -0.497 e. The van der Waals surface area contributed by atoms with Crippen molar-refractivity contribution in [2.24, 2.45) is 11.8 Å². The summed E-state index contributed by atoms with van der Waals surface area (Å²) in [7, 11) is 1.63. The highest BCUT2D eigenvalue weighted by atomic mass is 16.5. The third-order valence-corrected chi connectivity index (χ3v) is 9.18. The lowest BCUT2D eigenvalue weighted by Crippen LogP contribution is -2.45. The van der Waals surface area contributed by atoms with E-state index >= 15 is 0 Å². The van der Waals surface area contributed by atoms with Gasteiger partial charge in [0, 0.05) is 49.2 Å². The molecule has 3 amide bonds. The molecule has 5 rings (SSSR count). The molecule has 0 saturated carbocycles. The summed E-state index contributed by atoms with van der Waals surface area (Å²) in [6.07, 6.45) is -0.0418. The second-order valence-electron chi connectivity index (χ2n) is 12.4. The summed E-state index contributed by atoms with van der Waals surface area (Å²) in [5, 5.41) is 15.8. The summed E-state index contributed by atoms with van der Waals surface area (Å²) in [5.74, 6) is -0.216. The molecule has 0 aliphatic carbocycles. The Kier molecular flexibility index (Phi) is 8.55. The lowest BCUT2D eigenvalue weighted by atomic mass is 9.63. The summed E-state index contributed by atoms with van der Waals surface area (Å²) in [6.45, 7) is 9.49. The number of aliphatic hydroxyl groups excluding tert-OH is 1. The van der Waals surface area contributed by atoms with E-state index < -0.39 is 17.1 Å². The maximum absolute atomic E-state index is 14.8. The maximum atomic E-state index is 14.8. The Balaban J connectivity index is 1.59. The van der Waals surface area contributed by atoms with Crippen LogP contribution in [-0.2, 0) is 36.7 Å². The van der Waals surface area contributed by atoms with Gasteiger partial charge in [0.15, 0.2) is 5.60 Å². The molecule has 9 heteroatoms. The van der Waals surface area contributed by atoms with Crippen molar-refractivity contribution in [3.63, 3.8) is 0 Å². The number of methoxy groups -OCH3 is 1. The lowest BCUT2D eigenvalue weighted by Gasteiger charge is -2.38. The van der Waals surface area contributed by atoms with Gasteiger partial charge in [0.2, 0.25) is 11.8 Å². The molecule has 44 heavy (non-hydrogen) atoms. The summed E-state index contributed by atoms with van der Waals surface area (Å²) in [5.41, 5.74) is 2.87. The van der Waals surface area contributed by atoms with Gasteiger partial charge in [-0.1, -0.05) is 45.0 Å². The van der Waals surface area contributed by atoms with Crippen LogP contribution in [0.5, 0.6) is 5.75 Å². The van der Waals surface area contributed by atoms with Crippen molar-refractivity contribution < 1.29 is 29.0 Å². The number of hydrogen-bond acceptors (Lipinski definition) is 6. The van der Waals surface area contributed by atoms with Crippen LogP contribution in [0.2, 0.25) is 0 Å². The molecule has 3 N–H and O–H groups in total. The van der Waals surface area contributed by atoms with Gasteiger partial charge in [-0.2, -0.15) is 0 Å². The average Bonchev–Trinajstić information content (AvgIpc) is 3.40. The van der Waals surface area contributed by atoms with Crippen LogP contribution in [0.15, 0.2) is 66.7 Å². The highest BCUT2D eigenvalue weighted by molar-refractivity contribution is 6.08. The molecule has 1 fully saturated rings. The number of rotatable bonds is 9. The molecule has 0 aromatic heterocycles. The summed E-state index contributed by atoms with van der Waals surface area (Å²) in [4.78, 5) is 40.0. The predicted octanol–water partition coefficient (Wildman–Crippen LogP) is 5.37. The normalized spacial score (nSPS) is 22.7. The number of aliphatic hydroxyl groups is 1. The second-order valence-corrected chi connectivity index (χ2v) is 12.4. The summed E-state index contributed by atoms with van der Waals surface area (Å²) >= 11 is 0. The molecule has 1 spiro atoms. The van der Waals surface area contributed by atoms with Crippen molar-refractivity contribution >= 4 is 34.8 Å². The Hall–Kier alpha value is -4.21. The van der Waals surface area contributed by atoms with Crippen molar-refractivity contribution in [1.29, 1.82) is 0 Å². The van der Waals surface area contributed by atoms with Gasteiger partial charge in [0.05, 0.1) is 25.4 Å². The quantitative estimate of drug-likeness (QED) is 0.305. The van der Waals surface area contributed by atoms with Gasteiger partial charge in [-0.05, 0) is 65.4 Å². The van der Waals surface area contributed by atoms with Crippen LogP contribution < -0.4 is 20.3 Å². The van der Waals surface area contributed by atoms with Crippen LogP contribution in [-0.4, -0.2) is 42.6 Å². The third kappa shape index (κ3) is 5.46. The molecule has 3 aromatic carbocycles. The molecule has 3 aromatic rings. The molecule has 1 saturated heterocycles. The number of carbonyl (C=O) groups excluding carboxylic acids is 3. The number of nitrogens with one attached hydrogen (secondary N) is 2. The molecule has 2 heterocycles. The van der Waals surface area contributed by atoms with Gasteiger partial charge in [-0.3, -0.25) is 14.4 Å². The minimum absolute atomic E-state index is 0.0833. The van der Waals surface area contributed by atoms with Crippen LogP contribution in [0, 0.1) is 11.8 Å². The van der Waals surface area contributed by atoms with Gasteiger partial charge in [0.25, 0.3) is 5.91 Å². The highest BCUT2D eigenvalue weighted by Crippen LogP contribution is 2.60. The molecule has 9 nitrogen and oxygen atoms in total. The fourth-order valence-electron chi connectivity index (χ4n) is 7.23. The van der Waals surface area contributed by atoms with Crippen molar-refractivity contribution in [3.8, 4) is 5.75 Å². The molecular formula is C35H41N3O6. The molecule has 232 valence electrons. The Labute approximate surface area is 258 Å². The molecule has 0 radical (unpaired) electrons. The SMILES string of the molecule is COc1ccc(C(C)(C)[C@@H]2[C@@H](CCO)O[C@]3(C(=O)N(Cc4ccc(NC(C)=O)cc4)c4ccc(NC(C)=O)cc43)[C@H]2C)cc1. The van der Waals surface area contributed by atoms with E-state index in [0.29, 0.717) is 35.6 Å². The van der Waals surface area contributed by atoms with Gasteiger partial charge in [-0.15, -0.1) is 0 Å². The van der Waals surface area contributed by atoms with E-state index in [0.717, 1.165) is 16.9 Å². The Bertz CT molecular complexity index is 1550. The zero-order valence-electron chi connectivity index (χ0n) is 26.1. The van der Waals surface area contributed by atoms with Crippen molar-refractivity contribution in [2.45, 2.75) is 64.7 Å². The van der Waals surface area contributed by atoms with Crippen LogP contribution in [0.25, 0.3) is 0 Å². The molecule has 2 aliphatic heterocycles. The van der Waals surface area contributed by atoms with Crippen LogP contribution in [0.1, 0.15) is 57.7 Å². The number of anilines is 3. The topological polar surface area (TPSA) is 117 Å². The van der Waals surface area contributed by atoms with Gasteiger partial charge in [-0.25, -0.2) is 0 Å². The number of nitrogens with zero attached hydrogens (tertiary/aromatic N) is 1. The van der Waals surface area contributed by atoms with E-state index in [1.807, 2.05) is 60.7 Å². The van der Waals surface area contributed by atoms with Crippen LogP contribution in [0.3, 0.4) is 0 Å². The largest absolute Gasteiger partial charge is 0.497 e. The maximum Gasteiger partial charge on any atom is 0.264 e. The summed E-state index contributed by atoms with van der Waals surface area (Å²) < 4.78 is 12.3. The number of fused-ring (bicyclic) bond motifs is 2. The smallest absolute Gasteiger partial charge is 0.264 e. The first kappa shape index (κ1) is 31.2. The van der Waals surface area contributed by atoms with E-state index in [-0.39, 0.29) is 36.2 Å². The number of hydrogen-bond donors (Lipinski definition) is 3. The molecule has 2 aliphatic rings. The van der Waals surface area contributed by atoms with Crippen LogP contribution in [0.4, 0.5) is 17.1 Å². The Morgan fingerprint density at radius 3 is 2.18 bits per heavy atom. The van der Waals surface area contributed by atoms with E-state index in [9.17, 15) is 19.5 Å². The fraction of sp³-hybridized carbons (Fsp3) is 0.400. The second kappa shape index (κ2) is 12.1. The number of ether oxygens (including phenoxy) is 2. The first-order valence-corrected chi connectivity index (χ1v) is 15.0. The monoisotopic (exact) mass is 599 g/mol. The minimum atomic E-state index is -1.33. The van der Waals surface area contributed by atoms with E-state index in [2.05, 4.69) is 31.4 Å². The first-order chi connectivity index (χ1) is 20.9. The zero-order chi connectivity index (χ0) is 31.8. The van der Waals surface area contributed by atoms with E-state index in [1.54, 1.807) is 18.1 Å². The Morgan fingerprint density at radius 1 is 0.977 bits per heavy atom. The predicted molar refractivity (Wildman–Crippen MR) is 170 cm³/mol. The molecule has 0 bridgehead atoms. The van der Waals surface area contributed by atoms with Gasteiger partial charge < -0.3 is 30.1 Å². The number of amides is 3. The Morgan fingerprint density at radius 2 is 1.59 bits per heavy atom. The van der Waals surface area contributed by atoms with E-state index in [1.165, 1.54) is 13.8 Å². The average molecular weight is 600 g/mol. The highest BCUT2D eigenvalue weighted by Gasteiger charge is 2.65. The number of benzene rings is 3. The zero-order valence-corrected chi connectivity index (χ0v) is 26.1. The van der Waals surface area contributed by atoms with Crippen molar-refractivity contribution in [2.75, 3.05) is 29.3 Å². The molecular weight excluding hydrogens is 558 g/mol. The lowest BCUT2D eigenvalue weighted by molar-refractivity contribution is -0.146. The van der Waals surface area contributed by atoms with Crippen molar-refractivity contribution in [1.82, 2.24) is 0 Å². The number of carbonyl (C=O) groups is 3. The van der Waals surface area contributed by atoms with Crippen molar-refractivity contribution in [3.05, 3.63) is 83.4 Å².